The molecule has 134 valence electrons. The highest BCUT2D eigenvalue weighted by molar-refractivity contribution is 8.00. The first-order chi connectivity index (χ1) is 12.7. The van der Waals surface area contributed by atoms with Crippen LogP contribution in [0.1, 0.15) is 24.5 Å². The number of aromatic nitrogens is 3. The Kier molecular flexibility index (Phi) is 6.07. The summed E-state index contributed by atoms with van der Waals surface area (Å²) in [5, 5.41) is 10.6. The number of amides is 1. The van der Waals surface area contributed by atoms with Crippen LogP contribution < -0.4 is 5.32 Å². The minimum Gasteiger partial charge on any atom is -0.351 e. The molecule has 0 saturated carbocycles. The highest BCUT2D eigenvalue weighted by Gasteiger charge is 2.20. The van der Waals surface area contributed by atoms with Crippen molar-refractivity contribution in [2.45, 2.75) is 37.2 Å². The van der Waals surface area contributed by atoms with Gasteiger partial charge in [0.15, 0.2) is 5.82 Å². The number of nitrogens with zero attached hydrogens (tertiary/aromatic N) is 2. The molecule has 0 aliphatic carbocycles. The van der Waals surface area contributed by atoms with Crippen molar-refractivity contribution in [1.29, 1.82) is 0 Å². The summed E-state index contributed by atoms with van der Waals surface area (Å²) in [5.41, 5.74) is 3.26. The Morgan fingerprint density at radius 1 is 1.15 bits per heavy atom. The molecule has 0 fully saturated rings. The first kappa shape index (κ1) is 18.2. The maximum absolute atomic E-state index is 12.5. The fraction of sp³-hybridized carbons (Fsp3) is 0.250. The molecule has 5 nitrogen and oxygen atoms in total. The normalized spacial score (nSPS) is 11.9. The zero-order valence-electron chi connectivity index (χ0n) is 14.9. The van der Waals surface area contributed by atoms with E-state index in [1.54, 1.807) is 0 Å². The van der Waals surface area contributed by atoms with E-state index in [0.29, 0.717) is 23.9 Å². The number of rotatable bonds is 7. The predicted octanol–water partition coefficient (Wildman–Crippen LogP) is 3.97. The molecular formula is C20H22N4OS. The minimum absolute atomic E-state index is 0.00281. The van der Waals surface area contributed by atoms with Crippen LogP contribution in [0.15, 0.2) is 59.8 Å². The Bertz CT molecular complexity index is 846. The van der Waals surface area contributed by atoms with Crippen LogP contribution in [0, 0.1) is 6.92 Å². The number of aromatic amines is 1. The number of H-pyrrole nitrogens is 1. The van der Waals surface area contributed by atoms with Crippen LogP contribution in [0.4, 0.5) is 0 Å². The van der Waals surface area contributed by atoms with Crippen molar-refractivity contribution >= 4 is 17.7 Å². The molecule has 1 amide bonds. The molecule has 1 heterocycles. The molecule has 0 aliphatic heterocycles. The maximum Gasteiger partial charge on any atom is 0.233 e. The van der Waals surface area contributed by atoms with E-state index in [4.69, 9.17) is 0 Å². The zero-order chi connectivity index (χ0) is 18.4. The van der Waals surface area contributed by atoms with Gasteiger partial charge in [0.05, 0.1) is 5.25 Å². The molecule has 3 rings (SSSR count). The van der Waals surface area contributed by atoms with Gasteiger partial charge in [-0.1, -0.05) is 78.8 Å². The summed E-state index contributed by atoms with van der Waals surface area (Å²) in [5.74, 6) is 0.718. The van der Waals surface area contributed by atoms with Crippen molar-refractivity contribution in [2.75, 3.05) is 0 Å². The van der Waals surface area contributed by atoms with Crippen molar-refractivity contribution in [1.82, 2.24) is 20.5 Å². The van der Waals surface area contributed by atoms with Crippen LogP contribution in [0.3, 0.4) is 0 Å². The Balaban J connectivity index is 1.61. The van der Waals surface area contributed by atoms with Crippen molar-refractivity contribution in [2.24, 2.45) is 0 Å². The van der Waals surface area contributed by atoms with Gasteiger partial charge in [-0.25, -0.2) is 4.98 Å². The van der Waals surface area contributed by atoms with Crippen molar-refractivity contribution < 1.29 is 4.79 Å². The fourth-order valence-corrected chi connectivity index (χ4v) is 3.34. The average Bonchev–Trinajstić information content (AvgIpc) is 3.14. The molecule has 2 aromatic carbocycles. The molecule has 0 radical (unpaired) electrons. The molecule has 2 N–H and O–H groups in total. The van der Waals surface area contributed by atoms with Gasteiger partial charge in [0.2, 0.25) is 11.1 Å². The second kappa shape index (κ2) is 8.67. The van der Waals surface area contributed by atoms with E-state index in [0.717, 1.165) is 11.1 Å². The number of carbonyl (C=O) groups is 1. The van der Waals surface area contributed by atoms with E-state index >= 15 is 0 Å². The third kappa shape index (κ3) is 4.73. The second-order valence-corrected chi connectivity index (χ2v) is 7.22. The summed E-state index contributed by atoms with van der Waals surface area (Å²) < 4.78 is 0. The van der Waals surface area contributed by atoms with Crippen LogP contribution in [0.2, 0.25) is 0 Å². The highest BCUT2D eigenvalue weighted by atomic mass is 32.2. The lowest BCUT2D eigenvalue weighted by molar-refractivity contribution is -0.120. The van der Waals surface area contributed by atoms with Crippen LogP contribution in [-0.2, 0) is 11.3 Å². The smallest absolute Gasteiger partial charge is 0.233 e. The molecule has 0 saturated heterocycles. The van der Waals surface area contributed by atoms with Gasteiger partial charge in [-0.2, -0.15) is 0 Å². The summed E-state index contributed by atoms with van der Waals surface area (Å²) in [4.78, 5) is 17.0. The number of benzene rings is 2. The maximum atomic E-state index is 12.5. The van der Waals surface area contributed by atoms with Crippen molar-refractivity contribution in [3.63, 3.8) is 0 Å². The van der Waals surface area contributed by atoms with Gasteiger partial charge >= 0.3 is 0 Å². The lowest BCUT2D eigenvalue weighted by Crippen LogP contribution is -2.31. The SMILES string of the molecule is CC[C@@H](Sc1n[nH]c(-c2ccc(C)cc2)n1)C(=O)NCc1ccccc1. The average molecular weight is 366 g/mol. The van der Waals surface area contributed by atoms with Crippen LogP contribution in [0.25, 0.3) is 11.4 Å². The predicted molar refractivity (Wildman–Crippen MR) is 105 cm³/mol. The lowest BCUT2D eigenvalue weighted by atomic mass is 10.1. The van der Waals surface area contributed by atoms with Crippen molar-refractivity contribution in [3.8, 4) is 11.4 Å². The fourth-order valence-electron chi connectivity index (χ4n) is 2.49. The summed E-state index contributed by atoms with van der Waals surface area (Å²) >= 11 is 1.39. The van der Waals surface area contributed by atoms with Gasteiger partial charge in [-0.3, -0.25) is 9.89 Å². The van der Waals surface area contributed by atoms with E-state index in [9.17, 15) is 4.79 Å². The quantitative estimate of drug-likeness (QED) is 0.621. The molecule has 0 spiro atoms. The number of thioether (sulfide) groups is 1. The second-order valence-electron chi connectivity index (χ2n) is 6.05. The summed E-state index contributed by atoms with van der Waals surface area (Å²) in [6, 6.07) is 18.0. The van der Waals surface area contributed by atoms with E-state index in [2.05, 4.69) is 20.5 Å². The Hall–Kier alpha value is -2.60. The minimum atomic E-state index is -0.222. The van der Waals surface area contributed by atoms with Gasteiger partial charge in [-0.15, -0.1) is 5.10 Å². The van der Waals surface area contributed by atoms with Crippen LogP contribution >= 0.6 is 11.8 Å². The van der Waals surface area contributed by atoms with Gasteiger partial charge in [0.1, 0.15) is 0 Å². The summed E-state index contributed by atoms with van der Waals surface area (Å²) in [6.45, 7) is 4.57. The highest BCUT2D eigenvalue weighted by Crippen LogP contribution is 2.25. The molecule has 1 aromatic heterocycles. The summed E-state index contributed by atoms with van der Waals surface area (Å²) in [7, 11) is 0. The Morgan fingerprint density at radius 2 is 1.88 bits per heavy atom. The first-order valence-corrected chi connectivity index (χ1v) is 9.51. The monoisotopic (exact) mass is 366 g/mol. The Labute approximate surface area is 157 Å². The van der Waals surface area contributed by atoms with Gasteiger partial charge in [-0.05, 0) is 18.9 Å². The lowest BCUT2D eigenvalue weighted by Gasteiger charge is -2.12. The number of nitrogens with one attached hydrogen (secondary N) is 2. The first-order valence-electron chi connectivity index (χ1n) is 8.63. The summed E-state index contributed by atoms with van der Waals surface area (Å²) in [6.07, 6.45) is 0.708. The van der Waals surface area contributed by atoms with E-state index in [1.807, 2.05) is 68.4 Å². The molecule has 0 unspecified atom stereocenters. The van der Waals surface area contributed by atoms with E-state index in [1.165, 1.54) is 17.3 Å². The standard InChI is InChI=1S/C20H22N4OS/c1-3-17(19(25)21-13-15-7-5-4-6-8-15)26-20-22-18(23-24-20)16-11-9-14(2)10-12-16/h4-12,17H,3,13H2,1-2H3,(H,21,25)(H,22,23,24)/t17-/m1/s1. The Morgan fingerprint density at radius 3 is 2.58 bits per heavy atom. The van der Waals surface area contributed by atoms with Crippen LogP contribution in [-0.4, -0.2) is 26.3 Å². The van der Waals surface area contributed by atoms with Gasteiger partial charge < -0.3 is 5.32 Å². The molecule has 3 aromatic rings. The number of hydrogen-bond acceptors (Lipinski definition) is 4. The largest absolute Gasteiger partial charge is 0.351 e. The molecule has 0 aliphatic rings. The van der Waals surface area contributed by atoms with Gasteiger partial charge in [0.25, 0.3) is 0 Å². The van der Waals surface area contributed by atoms with Crippen molar-refractivity contribution in [3.05, 3.63) is 65.7 Å². The molecule has 26 heavy (non-hydrogen) atoms. The van der Waals surface area contributed by atoms with E-state index in [-0.39, 0.29) is 11.2 Å². The molecule has 6 heteroatoms. The molecular weight excluding hydrogens is 344 g/mol. The zero-order valence-corrected chi connectivity index (χ0v) is 15.7. The number of carbonyl (C=O) groups excluding carboxylic acids is 1. The number of aryl methyl sites for hydroxylation is 1. The third-order valence-corrected chi connectivity index (χ3v) is 5.24. The molecule has 1 atom stereocenters. The van der Waals surface area contributed by atoms with E-state index < -0.39 is 0 Å². The number of hydrogen-bond donors (Lipinski definition) is 2. The van der Waals surface area contributed by atoms with Crippen LogP contribution in [0.5, 0.6) is 0 Å². The topological polar surface area (TPSA) is 70.7 Å². The third-order valence-electron chi connectivity index (χ3n) is 4.01. The molecule has 0 bridgehead atoms. The van der Waals surface area contributed by atoms with Gasteiger partial charge in [0, 0.05) is 12.1 Å².